The number of hydrogen-bond donors (Lipinski definition) is 1. The van der Waals surface area contributed by atoms with Crippen LogP contribution in [0.3, 0.4) is 0 Å². The predicted molar refractivity (Wildman–Crippen MR) is 94.7 cm³/mol. The third-order valence-electron chi connectivity index (χ3n) is 3.94. The van der Waals surface area contributed by atoms with Crippen molar-refractivity contribution in [3.05, 3.63) is 58.9 Å². The van der Waals surface area contributed by atoms with Crippen LogP contribution >= 0.6 is 0 Å². The SMILES string of the molecule is CCC(C(=O)Nc1ccccc1OC)n1nnc2ccccc2c1=O. The van der Waals surface area contributed by atoms with Gasteiger partial charge in [-0.25, -0.2) is 0 Å². The van der Waals surface area contributed by atoms with Crippen LogP contribution < -0.4 is 15.6 Å². The normalized spacial score (nSPS) is 11.9. The van der Waals surface area contributed by atoms with Crippen molar-refractivity contribution in [2.45, 2.75) is 19.4 Å². The highest BCUT2D eigenvalue weighted by atomic mass is 16.5. The molecule has 3 rings (SSSR count). The maximum Gasteiger partial charge on any atom is 0.278 e. The minimum absolute atomic E-state index is 0.340. The number of methoxy groups -OCH3 is 1. The molecule has 1 amide bonds. The Hall–Kier alpha value is -3.22. The van der Waals surface area contributed by atoms with Crippen molar-refractivity contribution in [3.8, 4) is 5.75 Å². The monoisotopic (exact) mass is 338 g/mol. The summed E-state index contributed by atoms with van der Waals surface area (Å²) in [5, 5.41) is 11.2. The number of ether oxygens (including phenoxy) is 1. The number of aromatic nitrogens is 3. The van der Waals surface area contributed by atoms with Gasteiger partial charge in [-0.05, 0) is 30.7 Å². The van der Waals surface area contributed by atoms with Crippen molar-refractivity contribution in [2.75, 3.05) is 12.4 Å². The molecule has 7 heteroatoms. The smallest absolute Gasteiger partial charge is 0.278 e. The predicted octanol–water partition coefficient (Wildman–Crippen LogP) is 2.39. The average Bonchev–Trinajstić information content (AvgIpc) is 2.65. The Balaban J connectivity index is 1.96. The van der Waals surface area contributed by atoms with Gasteiger partial charge >= 0.3 is 0 Å². The van der Waals surface area contributed by atoms with Gasteiger partial charge in [-0.1, -0.05) is 36.4 Å². The van der Waals surface area contributed by atoms with E-state index in [1.807, 2.05) is 13.0 Å². The minimum Gasteiger partial charge on any atom is -0.495 e. The second-order valence-electron chi connectivity index (χ2n) is 5.47. The molecule has 1 heterocycles. The highest BCUT2D eigenvalue weighted by Crippen LogP contribution is 2.24. The molecule has 2 aromatic carbocycles. The minimum atomic E-state index is -0.769. The van der Waals surface area contributed by atoms with E-state index in [1.54, 1.807) is 42.5 Å². The van der Waals surface area contributed by atoms with Crippen LogP contribution in [0.15, 0.2) is 53.3 Å². The summed E-state index contributed by atoms with van der Waals surface area (Å²) >= 11 is 0. The first-order valence-electron chi connectivity index (χ1n) is 7.93. The van der Waals surface area contributed by atoms with Crippen LogP contribution in [0.5, 0.6) is 5.75 Å². The lowest BCUT2D eigenvalue weighted by Gasteiger charge is -2.17. The van der Waals surface area contributed by atoms with Crippen LogP contribution in [0, 0.1) is 0 Å². The van der Waals surface area contributed by atoms with E-state index in [4.69, 9.17) is 4.74 Å². The van der Waals surface area contributed by atoms with Gasteiger partial charge in [-0.15, -0.1) is 5.10 Å². The molecule has 7 nitrogen and oxygen atoms in total. The van der Waals surface area contributed by atoms with E-state index in [2.05, 4.69) is 15.6 Å². The maximum atomic E-state index is 12.7. The van der Waals surface area contributed by atoms with Crippen molar-refractivity contribution in [3.63, 3.8) is 0 Å². The molecule has 1 unspecified atom stereocenters. The van der Waals surface area contributed by atoms with Gasteiger partial charge in [0, 0.05) is 0 Å². The number of nitrogens with one attached hydrogen (secondary N) is 1. The third kappa shape index (κ3) is 3.21. The number of para-hydroxylation sites is 2. The van der Waals surface area contributed by atoms with Crippen LogP contribution in [0.25, 0.3) is 10.9 Å². The van der Waals surface area contributed by atoms with E-state index in [9.17, 15) is 9.59 Å². The molecule has 25 heavy (non-hydrogen) atoms. The molecule has 0 saturated carbocycles. The molecule has 0 bridgehead atoms. The fourth-order valence-electron chi connectivity index (χ4n) is 2.64. The molecule has 0 fully saturated rings. The van der Waals surface area contributed by atoms with Crippen LogP contribution in [0.4, 0.5) is 5.69 Å². The summed E-state index contributed by atoms with van der Waals surface area (Å²) in [5.41, 5.74) is 0.701. The van der Waals surface area contributed by atoms with Crippen molar-refractivity contribution in [1.29, 1.82) is 0 Å². The molecule has 128 valence electrons. The zero-order valence-electron chi connectivity index (χ0n) is 14.0. The number of carbonyl (C=O) groups excluding carboxylic acids is 1. The Morgan fingerprint density at radius 2 is 1.92 bits per heavy atom. The number of hydrogen-bond acceptors (Lipinski definition) is 5. The molecule has 0 radical (unpaired) electrons. The number of anilines is 1. The summed E-state index contributed by atoms with van der Waals surface area (Å²) in [6, 6.07) is 13.2. The van der Waals surface area contributed by atoms with Crippen molar-refractivity contribution < 1.29 is 9.53 Å². The molecule has 0 aliphatic rings. The van der Waals surface area contributed by atoms with Crippen LogP contribution in [-0.4, -0.2) is 28.0 Å². The number of fused-ring (bicyclic) bond motifs is 1. The third-order valence-corrected chi connectivity index (χ3v) is 3.94. The van der Waals surface area contributed by atoms with Crippen molar-refractivity contribution >= 4 is 22.5 Å². The number of nitrogens with zero attached hydrogens (tertiary/aromatic N) is 3. The Morgan fingerprint density at radius 1 is 1.20 bits per heavy atom. The van der Waals surface area contributed by atoms with Gasteiger partial charge in [-0.2, -0.15) is 4.68 Å². The lowest BCUT2D eigenvalue weighted by molar-refractivity contribution is -0.119. The second-order valence-corrected chi connectivity index (χ2v) is 5.47. The van der Waals surface area contributed by atoms with Gasteiger partial charge in [0.05, 0.1) is 18.2 Å². The topological polar surface area (TPSA) is 86.1 Å². The fourth-order valence-corrected chi connectivity index (χ4v) is 2.64. The molecular weight excluding hydrogens is 320 g/mol. The summed E-state index contributed by atoms with van der Waals surface area (Å²) in [4.78, 5) is 25.4. The zero-order valence-corrected chi connectivity index (χ0v) is 14.0. The van der Waals surface area contributed by atoms with Gasteiger partial charge in [0.25, 0.3) is 5.56 Å². The second kappa shape index (κ2) is 7.12. The van der Waals surface area contributed by atoms with Gasteiger partial charge in [0.1, 0.15) is 17.3 Å². The van der Waals surface area contributed by atoms with Gasteiger partial charge in [-0.3, -0.25) is 9.59 Å². The number of carbonyl (C=O) groups is 1. The first-order chi connectivity index (χ1) is 12.2. The lowest BCUT2D eigenvalue weighted by Crippen LogP contribution is -2.35. The number of benzene rings is 2. The quantitative estimate of drug-likeness (QED) is 0.772. The summed E-state index contributed by atoms with van der Waals surface area (Å²) in [6.45, 7) is 1.82. The fraction of sp³-hybridized carbons (Fsp3) is 0.222. The molecule has 0 aliphatic heterocycles. The van der Waals surface area contributed by atoms with Crippen LogP contribution in [0.1, 0.15) is 19.4 Å². The summed E-state index contributed by atoms with van der Waals surface area (Å²) in [6.07, 6.45) is 0.397. The van der Waals surface area contributed by atoms with Crippen molar-refractivity contribution in [2.24, 2.45) is 0 Å². The molecular formula is C18H18N4O3. The molecule has 0 spiro atoms. The zero-order chi connectivity index (χ0) is 17.8. The summed E-state index contributed by atoms with van der Waals surface area (Å²) in [5.74, 6) is 0.196. The first-order valence-corrected chi connectivity index (χ1v) is 7.93. The van der Waals surface area contributed by atoms with Crippen LogP contribution in [-0.2, 0) is 4.79 Å². The van der Waals surface area contributed by atoms with E-state index < -0.39 is 6.04 Å². The highest BCUT2D eigenvalue weighted by molar-refractivity contribution is 5.95. The standard InChI is InChI=1S/C18H18N4O3/c1-3-15(17(23)19-14-10-6-7-11-16(14)25-2)22-18(24)12-8-4-5-9-13(12)20-21-22/h4-11,15H,3H2,1-2H3,(H,19,23). The number of rotatable bonds is 5. The Bertz CT molecular complexity index is 968. The van der Waals surface area contributed by atoms with Gasteiger partial charge in [0.15, 0.2) is 0 Å². The lowest BCUT2D eigenvalue weighted by atomic mass is 10.2. The Labute approximate surface area is 144 Å². The summed E-state index contributed by atoms with van der Waals surface area (Å²) < 4.78 is 6.37. The average molecular weight is 338 g/mol. The van der Waals surface area contributed by atoms with E-state index in [-0.39, 0.29) is 11.5 Å². The Kier molecular flexibility index (Phi) is 4.74. The van der Waals surface area contributed by atoms with Gasteiger partial charge in [0.2, 0.25) is 5.91 Å². The number of amides is 1. The Morgan fingerprint density at radius 3 is 2.68 bits per heavy atom. The maximum absolute atomic E-state index is 12.7. The first kappa shape index (κ1) is 16.6. The molecule has 1 N–H and O–H groups in total. The largest absolute Gasteiger partial charge is 0.495 e. The van der Waals surface area contributed by atoms with Crippen LogP contribution in [0.2, 0.25) is 0 Å². The molecule has 0 aliphatic carbocycles. The van der Waals surface area contributed by atoms with E-state index >= 15 is 0 Å². The molecule has 1 aromatic heterocycles. The molecule has 3 aromatic rings. The summed E-state index contributed by atoms with van der Waals surface area (Å²) in [7, 11) is 1.53. The van der Waals surface area contributed by atoms with Gasteiger partial charge < -0.3 is 10.1 Å². The van der Waals surface area contributed by atoms with E-state index in [0.717, 1.165) is 4.68 Å². The molecule has 1 atom stereocenters. The van der Waals surface area contributed by atoms with E-state index in [1.165, 1.54) is 7.11 Å². The van der Waals surface area contributed by atoms with E-state index in [0.29, 0.717) is 28.8 Å². The highest BCUT2D eigenvalue weighted by Gasteiger charge is 2.23. The van der Waals surface area contributed by atoms with Crippen molar-refractivity contribution in [1.82, 2.24) is 15.0 Å². The molecule has 0 saturated heterocycles.